The van der Waals surface area contributed by atoms with E-state index < -0.39 is 0 Å². The second kappa shape index (κ2) is 5.26. The van der Waals surface area contributed by atoms with Gasteiger partial charge in [-0.1, -0.05) is 11.6 Å². The third-order valence-electron chi connectivity index (χ3n) is 3.41. The first-order valence-corrected chi connectivity index (χ1v) is 7.51. The Morgan fingerprint density at radius 1 is 1.38 bits per heavy atom. The molecule has 4 nitrogen and oxygen atoms in total. The minimum atomic E-state index is -0.196. The van der Waals surface area contributed by atoms with Crippen molar-refractivity contribution >= 4 is 33.0 Å². The van der Waals surface area contributed by atoms with Gasteiger partial charge in [-0.3, -0.25) is 4.79 Å². The van der Waals surface area contributed by atoms with Crippen molar-refractivity contribution in [3.63, 3.8) is 0 Å². The predicted octanol–water partition coefficient (Wildman–Crippen LogP) is 3.88. The van der Waals surface area contributed by atoms with Crippen molar-refractivity contribution in [1.29, 1.82) is 0 Å². The first-order chi connectivity index (χ1) is 10.1. The van der Waals surface area contributed by atoms with E-state index in [-0.39, 0.29) is 11.9 Å². The van der Waals surface area contributed by atoms with Gasteiger partial charge in [-0.15, -0.1) is 11.3 Å². The summed E-state index contributed by atoms with van der Waals surface area (Å²) in [5, 5.41) is 3.85. The van der Waals surface area contributed by atoms with Crippen LogP contribution in [0.4, 0.5) is 5.69 Å². The fourth-order valence-electron chi connectivity index (χ4n) is 2.27. The van der Waals surface area contributed by atoms with Gasteiger partial charge in [-0.2, -0.15) is 0 Å². The molecular formula is C16H16N2O2S. The highest BCUT2D eigenvalue weighted by molar-refractivity contribution is 7.21. The van der Waals surface area contributed by atoms with E-state index in [2.05, 4.69) is 5.32 Å². The van der Waals surface area contributed by atoms with Gasteiger partial charge >= 0.3 is 0 Å². The van der Waals surface area contributed by atoms with Crippen LogP contribution in [0.25, 0.3) is 10.1 Å². The van der Waals surface area contributed by atoms with Crippen molar-refractivity contribution in [1.82, 2.24) is 5.32 Å². The quantitative estimate of drug-likeness (QED) is 0.771. The van der Waals surface area contributed by atoms with Gasteiger partial charge in [0.2, 0.25) is 0 Å². The monoisotopic (exact) mass is 300 g/mol. The van der Waals surface area contributed by atoms with Crippen LogP contribution in [-0.2, 0) is 0 Å². The SMILES string of the molecule is Cc1ccc2sc(C(=O)NC(C)c3ccco3)c(N)c2c1. The van der Waals surface area contributed by atoms with Crippen molar-refractivity contribution < 1.29 is 9.21 Å². The number of nitrogens with two attached hydrogens (primary N) is 1. The van der Waals surface area contributed by atoms with Crippen molar-refractivity contribution in [2.45, 2.75) is 19.9 Å². The lowest BCUT2D eigenvalue weighted by Gasteiger charge is -2.10. The molecular weight excluding hydrogens is 284 g/mol. The number of fused-ring (bicyclic) bond motifs is 1. The lowest BCUT2D eigenvalue weighted by Crippen LogP contribution is -2.26. The molecule has 21 heavy (non-hydrogen) atoms. The number of rotatable bonds is 3. The van der Waals surface area contributed by atoms with Crippen molar-refractivity contribution in [2.24, 2.45) is 0 Å². The molecule has 0 radical (unpaired) electrons. The fourth-order valence-corrected chi connectivity index (χ4v) is 3.28. The number of amides is 1. The highest BCUT2D eigenvalue weighted by atomic mass is 32.1. The molecule has 1 aromatic carbocycles. The summed E-state index contributed by atoms with van der Waals surface area (Å²) in [7, 11) is 0. The fraction of sp³-hybridized carbons (Fsp3) is 0.188. The smallest absolute Gasteiger partial charge is 0.264 e. The van der Waals surface area contributed by atoms with Crippen LogP contribution < -0.4 is 11.1 Å². The molecule has 108 valence electrons. The summed E-state index contributed by atoms with van der Waals surface area (Å²) in [4.78, 5) is 13.0. The Balaban J connectivity index is 1.89. The van der Waals surface area contributed by atoms with Gasteiger partial charge in [0.1, 0.15) is 10.6 Å². The molecule has 0 fully saturated rings. The Bertz CT molecular complexity index is 790. The van der Waals surface area contributed by atoms with Crippen LogP contribution in [0, 0.1) is 6.92 Å². The van der Waals surface area contributed by atoms with Crippen LogP contribution in [0.5, 0.6) is 0 Å². The molecule has 2 aromatic heterocycles. The number of anilines is 1. The van der Waals surface area contributed by atoms with E-state index in [0.717, 1.165) is 21.4 Å². The minimum absolute atomic E-state index is 0.171. The van der Waals surface area contributed by atoms with Gasteiger partial charge < -0.3 is 15.5 Å². The summed E-state index contributed by atoms with van der Waals surface area (Å²) in [5.41, 5.74) is 7.80. The van der Waals surface area contributed by atoms with Gasteiger partial charge in [0.15, 0.2) is 0 Å². The van der Waals surface area contributed by atoms with Crippen LogP contribution in [-0.4, -0.2) is 5.91 Å². The van der Waals surface area contributed by atoms with E-state index >= 15 is 0 Å². The summed E-state index contributed by atoms with van der Waals surface area (Å²) >= 11 is 1.41. The zero-order chi connectivity index (χ0) is 15.0. The summed E-state index contributed by atoms with van der Waals surface area (Å²) in [5.74, 6) is 0.550. The van der Waals surface area contributed by atoms with Crippen LogP contribution in [0.1, 0.15) is 34.0 Å². The number of hydrogen-bond donors (Lipinski definition) is 2. The normalized spacial score (nSPS) is 12.5. The lowest BCUT2D eigenvalue weighted by molar-refractivity contribution is 0.0940. The summed E-state index contributed by atoms with van der Waals surface area (Å²) in [6.07, 6.45) is 1.59. The van der Waals surface area contributed by atoms with Crippen LogP contribution in [0.3, 0.4) is 0 Å². The number of furan rings is 1. The summed E-state index contributed by atoms with van der Waals surface area (Å²) in [6, 6.07) is 9.47. The molecule has 3 rings (SSSR count). The molecule has 0 spiro atoms. The zero-order valence-corrected chi connectivity index (χ0v) is 12.7. The number of carbonyl (C=O) groups excluding carboxylic acids is 1. The van der Waals surface area contributed by atoms with Crippen LogP contribution in [0.2, 0.25) is 0 Å². The van der Waals surface area contributed by atoms with Gasteiger partial charge in [0.05, 0.1) is 18.0 Å². The molecule has 0 aliphatic heterocycles. The Labute approximate surface area is 126 Å². The number of thiophene rings is 1. The molecule has 1 atom stereocenters. The molecule has 0 aliphatic rings. The van der Waals surface area contributed by atoms with Crippen molar-refractivity contribution in [3.05, 3.63) is 52.8 Å². The minimum Gasteiger partial charge on any atom is -0.467 e. The molecule has 5 heteroatoms. The van der Waals surface area contributed by atoms with E-state index in [1.165, 1.54) is 11.3 Å². The van der Waals surface area contributed by atoms with Gasteiger partial charge in [-0.05, 0) is 38.1 Å². The first kappa shape index (κ1) is 13.7. The first-order valence-electron chi connectivity index (χ1n) is 6.69. The molecule has 0 aliphatic carbocycles. The van der Waals surface area contributed by atoms with E-state index in [1.807, 2.05) is 38.1 Å². The van der Waals surface area contributed by atoms with Gasteiger partial charge in [0, 0.05) is 10.1 Å². The number of nitrogen functional groups attached to an aromatic ring is 1. The number of aryl methyl sites for hydroxylation is 1. The Morgan fingerprint density at radius 3 is 2.90 bits per heavy atom. The Kier molecular flexibility index (Phi) is 3.43. The standard InChI is InChI=1S/C16H16N2O2S/c1-9-5-6-13-11(8-9)14(17)15(21-13)16(19)18-10(2)12-4-3-7-20-12/h3-8,10H,17H2,1-2H3,(H,18,19). The van der Waals surface area contributed by atoms with E-state index in [0.29, 0.717) is 10.6 Å². The van der Waals surface area contributed by atoms with E-state index in [4.69, 9.17) is 10.2 Å². The maximum Gasteiger partial charge on any atom is 0.264 e. The maximum absolute atomic E-state index is 12.4. The van der Waals surface area contributed by atoms with Crippen LogP contribution in [0.15, 0.2) is 41.0 Å². The maximum atomic E-state index is 12.4. The third kappa shape index (κ3) is 2.52. The number of carbonyl (C=O) groups is 1. The van der Waals surface area contributed by atoms with Crippen molar-refractivity contribution in [2.75, 3.05) is 5.73 Å². The van der Waals surface area contributed by atoms with E-state index in [1.54, 1.807) is 12.3 Å². The summed E-state index contributed by atoms with van der Waals surface area (Å²) < 4.78 is 6.32. The second-order valence-corrected chi connectivity index (χ2v) is 6.11. The number of benzene rings is 1. The van der Waals surface area contributed by atoms with E-state index in [9.17, 15) is 4.79 Å². The molecule has 1 unspecified atom stereocenters. The molecule has 3 N–H and O–H groups in total. The highest BCUT2D eigenvalue weighted by Gasteiger charge is 2.19. The van der Waals surface area contributed by atoms with Crippen LogP contribution >= 0.6 is 11.3 Å². The van der Waals surface area contributed by atoms with Crippen molar-refractivity contribution in [3.8, 4) is 0 Å². The number of hydrogen-bond acceptors (Lipinski definition) is 4. The highest BCUT2D eigenvalue weighted by Crippen LogP contribution is 2.34. The average Bonchev–Trinajstić information content (AvgIpc) is 3.08. The zero-order valence-electron chi connectivity index (χ0n) is 11.8. The summed E-state index contributed by atoms with van der Waals surface area (Å²) in [6.45, 7) is 3.89. The number of nitrogens with one attached hydrogen (secondary N) is 1. The third-order valence-corrected chi connectivity index (χ3v) is 4.59. The lowest BCUT2D eigenvalue weighted by atomic mass is 10.1. The molecule has 1 amide bonds. The Hall–Kier alpha value is -2.27. The van der Waals surface area contributed by atoms with Gasteiger partial charge in [0.25, 0.3) is 5.91 Å². The molecule has 0 saturated heterocycles. The molecule has 3 aromatic rings. The largest absolute Gasteiger partial charge is 0.467 e. The second-order valence-electron chi connectivity index (χ2n) is 5.06. The van der Waals surface area contributed by atoms with Gasteiger partial charge in [-0.25, -0.2) is 0 Å². The Morgan fingerprint density at radius 2 is 2.19 bits per heavy atom. The topological polar surface area (TPSA) is 68.3 Å². The predicted molar refractivity (Wildman–Crippen MR) is 85.6 cm³/mol. The molecule has 0 saturated carbocycles. The molecule has 0 bridgehead atoms. The average molecular weight is 300 g/mol. The molecule has 2 heterocycles.